The zero-order valence-electron chi connectivity index (χ0n) is 50.1. The summed E-state index contributed by atoms with van der Waals surface area (Å²) < 4.78 is 26.6. The number of carbonyl (C=O) groups is 2. The molecule has 7 rings (SSSR count). The van der Waals surface area contributed by atoms with Crippen molar-refractivity contribution in [2.24, 2.45) is 0 Å². The summed E-state index contributed by atoms with van der Waals surface area (Å²) in [5, 5.41) is 79.9. The number of aliphatic hydroxyl groups excluding tert-OH is 4. The number of hydrogen-bond acceptors (Lipinski definition) is 14. The van der Waals surface area contributed by atoms with Gasteiger partial charge in [-0.2, -0.15) is 0 Å². The monoisotopic (exact) mass is 1130 g/mol. The van der Waals surface area contributed by atoms with E-state index in [2.05, 4.69) is 24.5 Å². The molecule has 0 aromatic heterocycles. The standard InChI is InChI=1S/C54H58N2O10.4C3H8O/c1-5-21-63-49-33-13-9-14-34(49)26-38-30-42(56-54(62)44-18-12-20-46(58)48(44)60)32-40(52(38)66-24-8-4)28-36-16-10-15-35(50(36)64-22-6-2)27-39-31-41(29-37(25-33)51(39)65-23-7-3)55-53(61)43-17-11-19-45(57)47(43)59;4*1-3(2)4/h9-20,29-32,57-60H,5-8,21-28H2,1-4H3,(H,55,61)(H,56,62);4*3-4H,1-2H3. The van der Waals surface area contributed by atoms with Gasteiger partial charge in [-0.1, -0.05) is 76.2 Å². The van der Waals surface area contributed by atoms with Gasteiger partial charge < -0.3 is 70.4 Å². The molecule has 0 fully saturated rings. The summed E-state index contributed by atoms with van der Waals surface area (Å²) in [6.07, 6.45) is 3.77. The Morgan fingerprint density at radius 2 is 0.610 bits per heavy atom. The molecule has 10 N–H and O–H groups in total. The van der Waals surface area contributed by atoms with E-state index in [1.807, 2.05) is 74.5 Å². The van der Waals surface area contributed by atoms with Crippen molar-refractivity contribution in [2.75, 3.05) is 37.1 Å². The van der Waals surface area contributed by atoms with Crippen molar-refractivity contribution in [1.82, 2.24) is 0 Å². The van der Waals surface area contributed by atoms with Crippen molar-refractivity contribution in [1.29, 1.82) is 0 Å². The van der Waals surface area contributed by atoms with E-state index >= 15 is 0 Å². The van der Waals surface area contributed by atoms with Crippen molar-refractivity contribution >= 4 is 23.2 Å². The fraction of sp³-hybridized carbons (Fsp3) is 0.424. The molecule has 448 valence electrons. The summed E-state index contributed by atoms with van der Waals surface area (Å²) in [7, 11) is 0. The molecule has 2 amide bonds. The molecule has 6 aromatic carbocycles. The second-order valence-electron chi connectivity index (χ2n) is 20.8. The van der Waals surface area contributed by atoms with Gasteiger partial charge in [-0.15, -0.1) is 0 Å². The molecule has 0 atom stereocenters. The number of hydrogen-bond donors (Lipinski definition) is 10. The Labute approximate surface area is 485 Å². The van der Waals surface area contributed by atoms with Crippen LogP contribution in [0.3, 0.4) is 0 Å². The van der Waals surface area contributed by atoms with Crippen molar-refractivity contribution in [2.45, 2.75) is 159 Å². The number of fused-ring (bicyclic) bond motifs is 8. The minimum atomic E-state index is -0.593. The fourth-order valence-electron chi connectivity index (χ4n) is 8.22. The van der Waals surface area contributed by atoms with Gasteiger partial charge in [0.15, 0.2) is 23.0 Å². The molecule has 16 nitrogen and oxygen atoms in total. The number of phenolic OH excluding ortho intramolecular Hbond substituents is 4. The zero-order valence-corrected chi connectivity index (χ0v) is 50.1. The molecule has 0 heterocycles. The molecule has 0 spiro atoms. The number of benzene rings is 6. The molecular formula is C66H90N2O14. The molecule has 1 aliphatic carbocycles. The lowest BCUT2D eigenvalue weighted by atomic mass is 9.90. The number of para-hydroxylation sites is 4. The highest BCUT2D eigenvalue weighted by Gasteiger charge is 2.25. The van der Waals surface area contributed by atoms with E-state index in [1.54, 1.807) is 55.4 Å². The Morgan fingerprint density at radius 3 is 0.841 bits per heavy atom. The van der Waals surface area contributed by atoms with E-state index in [4.69, 9.17) is 39.4 Å². The minimum absolute atomic E-state index is 0.0736. The first-order chi connectivity index (χ1) is 39.0. The molecule has 0 unspecified atom stereocenters. The second-order valence-corrected chi connectivity index (χ2v) is 20.8. The molecule has 0 radical (unpaired) electrons. The molecule has 8 bridgehead atoms. The topological polar surface area (TPSA) is 257 Å². The largest absolute Gasteiger partial charge is 0.504 e. The number of ether oxygens (including phenoxy) is 4. The first-order valence-corrected chi connectivity index (χ1v) is 28.4. The molecule has 0 saturated carbocycles. The van der Waals surface area contributed by atoms with Crippen LogP contribution in [-0.2, 0) is 25.7 Å². The predicted molar refractivity (Wildman–Crippen MR) is 325 cm³/mol. The van der Waals surface area contributed by atoms with Crippen molar-refractivity contribution in [3.05, 3.63) is 153 Å². The van der Waals surface area contributed by atoms with Crippen molar-refractivity contribution in [3.63, 3.8) is 0 Å². The van der Waals surface area contributed by atoms with Crippen molar-refractivity contribution < 1.29 is 69.4 Å². The highest BCUT2D eigenvalue weighted by Crippen LogP contribution is 2.42. The van der Waals surface area contributed by atoms with Crippen LogP contribution in [0, 0.1) is 0 Å². The summed E-state index contributed by atoms with van der Waals surface area (Å²) in [6.45, 7) is 23.8. The third-order valence-electron chi connectivity index (χ3n) is 11.2. The first kappa shape index (κ1) is 68.8. The number of anilines is 2. The number of nitrogens with one attached hydrogen (secondary N) is 2. The normalized spacial score (nSPS) is 11.4. The number of amides is 2. The van der Waals surface area contributed by atoms with E-state index < -0.39 is 34.8 Å². The van der Waals surface area contributed by atoms with Gasteiger partial charge in [0.1, 0.15) is 23.0 Å². The zero-order chi connectivity index (χ0) is 61.1. The van der Waals surface area contributed by atoms with Crippen LogP contribution in [0.4, 0.5) is 11.4 Å². The fourth-order valence-corrected chi connectivity index (χ4v) is 8.22. The van der Waals surface area contributed by atoms with Crippen LogP contribution in [0.15, 0.2) is 97.1 Å². The first-order valence-electron chi connectivity index (χ1n) is 28.4. The van der Waals surface area contributed by atoms with Gasteiger partial charge in [-0.25, -0.2) is 0 Å². The van der Waals surface area contributed by atoms with Gasteiger partial charge in [0.25, 0.3) is 11.8 Å². The molecule has 16 heteroatoms. The highest BCUT2D eigenvalue weighted by molar-refractivity contribution is 6.07. The Kier molecular flexibility index (Phi) is 29.7. The number of rotatable bonds is 16. The lowest BCUT2D eigenvalue weighted by Gasteiger charge is -2.24. The van der Waals surface area contributed by atoms with Crippen LogP contribution in [0.25, 0.3) is 0 Å². The molecule has 0 saturated heterocycles. The molecular weight excluding hydrogens is 1040 g/mol. The smallest absolute Gasteiger partial charge is 0.259 e. The molecule has 6 aromatic rings. The Morgan fingerprint density at radius 1 is 0.390 bits per heavy atom. The molecule has 0 aliphatic heterocycles. The number of aliphatic hydroxyl groups is 4. The number of carbonyl (C=O) groups excluding carboxylic acids is 2. The summed E-state index contributed by atoms with van der Waals surface area (Å²) in [6, 6.07) is 28.1. The second kappa shape index (κ2) is 35.4. The van der Waals surface area contributed by atoms with Crippen LogP contribution in [0.1, 0.15) is 174 Å². The summed E-state index contributed by atoms with van der Waals surface area (Å²) >= 11 is 0. The third kappa shape index (κ3) is 22.4. The van der Waals surface area contributed by atoms with Crippen LogP contribution in [0.5, 0.6) is 46.0 Å². The van der Waals surface area contributed by atoms with Crippen molar-refractivity contribution in [3.8, 4) is 46.0 Å². The van der Waals surface area contributed by atoms with E-state index in [9.17, 15) is 30.0 Å². The lowest BCUT2D eigenvalue weighted by Crippen LogP contribution is -2.15. The number of phenols is 4. The van der Waals surface area contributed by atoms with Crippen LogP contribution in [-0.4, -0.2) is 104 Å². The SMILES string of the molecule is CC(C)O.CC(C)O.CC(C)O.CC(C)O.CCCOc1c2cccc1Cc1cc(NC(=O)c3cccc(O)c3O)cc(c1OCCC)Cc1cccc(c1OCCC)Cc1cc(NC(=O)c3cccc(O)c3O)cc(c1OCCC)C2. The molecule has 1 aliphatic rings. The Balaban J connectivity index is 0.000000977. The maximum absolute atomic E-state index is 13.8. The summed E-state index contributed by atoms with van der Waals surface area (Å²) in [5.74, 6) is -0.266. The van der Waals surface area contributed by atoms with Crippen LogP contribution >= 0.6 is 0 Å². The average Bonchev–Trinajstić information content (AvgIpc) is 3.60. The van der Waals surface area contributed by atoms with E-state index in [0.29, 0.717) is 86.5 Å². The van der Waals surface area contributed by atoms with Crippen LogP contribution < -0.4 is 29.6 Å². The van der Waals surface area contributed by atoms with Gasteiger partial charge >= 0.3 is 0 Å². The van der Waals surface area contributed by atoms with E-state index in [0.717, 1.165) is 70.2 Å². The predicted octanol–water partition coefficient (Wildman–Crippen LogP) is 12.4. The van der Waals surface area contributed by atoms with Gasteiger partial charge in [0, 0.05) is 83.7 Å². The van der Waals surface area contributed by atoms with Gasteiger partial charge in [0.05, 0.1) is 37.6 Å². The summed E-state index contributed by atoms with van der Waals surface area (Å²) in [4.78, 5) is 27.6. The molecule has 82 heavy (non-hydrogen) atoms. The maximum Gasteiger partial charge on any atom is 0.259 e. The highest BCUT2D eigenvalue weighted by atomic mass is 16.5. The van der Waals surface area contributed by atoms with Gasteiger partial charge in [-0.3, -0.25) is 9.59 Å². The summed E-state index contributed by atoms with van der Waals surface area (Å²) in [5.41, 5.74) is 7.49. The quantitative estimate of drug-likeness (QED) is 0.0404. The van der Waals surface area contributed by atoms with Gasteiger partial charge in [0.2, 0.25) is 0 Å². The van der Waals surface area contributed by atoms with Crippen LogP contribution in [0.2, 0.25) is 0 Å². The van der Waals surface area contributed by atoms with Gasteiger partial charge in [-0.05, 0) is 152 Å². The van der Waals surface area contributed by atoms with E-state index in [-0.39, 0.29) is 35.5 Å². The maximum atomic E-state index is 13.8. The minimum Gasteiger partial charge on any atom is -0.504 e. The van der Waals surface area contributed by atoms with E-state index in [1.165, 1.54) is 36.4 Å². The third-order valence-corrected chi connectivity index (χ3v) is 11.2. The average molecular weight is 1140 g/mol. The Bertz CT molecular complexity index is 2620. The number of aromatic hydroxyl groups is 4. The Hall–Kier alpha value is -7.50. The lowest BCUT2D eigenvalue weighted by molar-refractivity contribution is 0.101.